The van der Waals surface area contributed by atoms with Gasteiger partial charge in [-0.25, -0.2) is 4.39 Å². The minimum absolute atomic E-state index is 0.0369. The minimum Gasteiger partial charge on any atom is -0.352 e. The SMILES string of the molecule is Cc1ccc(N2C[C@@H](C(=O)NCc3ccc(F)cc3)CC2=O)cc1C. The molecule has 2 amide bonds. The van der Waals surface area contributed by atoms with Crippen molar-refractivity contribution in [3.05, 3.63) is 65.0 Å². The molecule has 0 aromatic heterocycles. The van der Waals surface area contributed by atoms with Crippen LogP contribution in [-0.2, 0) is 16.1 Å². The summed E-state index contributed by atoms with van der Waals surface area (Å²) in [6, 6.07) is 11.9. The maximum atomic E-state index is 12.9. The van der Waals surface area contributed by atoms with E-state index in [1.54, 1.807) is 17.0 Å². The van der Waals surface area contributed by atoms with Crippen LogP contribution in [0.4, 0.5) is 10.1 Å². The first-order valence-corrected chi connectivity index (χ1v) is 8.34. The zero-order chi connectivity index (χ0) is 18.0. The van der Waals surface area contributed by atoms with E-state index in [9.17, 15) is 14.0 Å². The summed E-state index contributed by atoms with van der Waals surface area (Å²) in [5.74, 6) is -0.857. The van der Waals surface area contributed by atoms with Gasteiger partial charge in [-0.05, 0) is 54.8 Å². The molecule has 0 aliphatic carbocycles. The molecule has 25 heavy (non-hydrogen) atoms. The summed E-state index contributed by atoms with van der Waals surface area (Å²) in [5, 5.41) is 2.83. The fourth-order valence-electron chi connectivity index (χ4n) is 2.96. The van der Waals surface area contributed by atoms with Gasteiger partial charge in [0.25, 0.3) is 0 Å². The molecule has 0 spiro atoms. The summed E-state index contributed by atoms with van der Waals surface area (Å²) in [5.41, 5.74) is 3.95. The van der Waals surface area contributed by atoms with E-state index < -0.39 is 0 Å². The Morgan fingerprint density at radius 2 is 1.88 bits per heavy atom. The number of amides is 2. The highest BCUT2D eigenvalue weighted by molar-refractivity contribution is 6.00. The number of rotatable bonds is 4. The van der Waals surface area contributed by atoms with Crippen molar-refractivity contribution in [3.63, 3.8) is 0 Å². The number of hydrogen-bond acceptors (Lipinski definition) is 2. The van der Waals surface area contributed by atoms with Crippen molar-refractivity contribution >= 4 is 17.5 Å². The van der Waals surface area contributed by atoms with E-state index in [0.29, 0.717) is 13.1 Å². The molecule has 1 saturated heterocycles. The lowest BCUT2D eigenvalue weighted by Gasteiger charge is -2.18. The number of nitrogens with zero attached hydrogens (tertiary/aromatic N) is 1. The van der Waals surface area contributed by atoms with Crippen LogP contribution in [0.2, 0.25) is 0 Å². The monoisotopic (exact) mass is 340 g/mol. The average molecular weight is 340 g/mol. The molecule has 130 valence electrons. The molecule has 1 fully saturated rings. The highest BCUT2D eigenvalue weighted by atomic mass is 19.1. The standard InChI is InChI=1S/C20H21FN2O2/c1-13-3-8-18(9-14(13)2)23-12-16(10-19(23)24)20(25)22-11-15-4-6-17(21)7-5-15/h3-9,16H,10-12H2,1-2H3,(H,22,25)/t16-/m0/s1. The maximum Gasteiger partial charge on any atom is 0.227 e. The fraction of sp³-hybridized carbons (Fsp3) is 0.300. The predicted octanol–water partition coefficient (Wildman–Crippen LogP) is 3.11. The third-order valence-corrected chi connectivity index (χ3v) is 4.68. The molecule has 1 heterocycles. The van der Waals surface area contributed by atoms with Crippen molar-refractivity contribution in [1.82, 2.24) is 5.32 Å². The van der Waals surface area contributed by atoms with Gasteiger partial charge in [-0.2, -0.15) is 0 Å². The number of carbonyl (C=O) groups excluding carboxylic acids is 2. The van der Waals surface area contributed by atoms with Crippen LogP contribution in [0.5, 0.6) is 0 Å². The van der Waals surface area contributed by atoms with Gasteiger partial charge in [0.15, 0.2) is 0 Å². The summed E-state index contributed by atoms with van der Waals surface area (Å²) < 4.78 is 12.9. The van der Waals surface area contributed by atoms with Crippen LogP contribution in [0, 0.1) is 25.6 Å². The largest absolute Gasteiger partial charge is 0.352 e. The van der Waals surface area contributed by atoms with Crippen LogP contribution >= 0.6 is 0 Å². The Morgan fingerprint density at radius 1 is 1.16 bits per heavy atom. The first-order chi connectivity index (χ1) is 11.9. The van der Waals surface area contributed by atoms with Crippen LogP contribution in [-0.4, -0.2) is 18.4 Å². The Labute approximate surface area is 146 Å². The van der Waals surface area contributed by atoms with E-state index in [1.807, 2.05) is 32.0 Å². The van der Waals surface area contributed by atoms with Gasteiger partial charge in [-0.1, -0.05) is 18.2 Å². The van der Waals surface area contributed by atoms with Gasteiger partial charge < -0.3 is 10.2 Å². The Balaban J connectivity index is 1.62. The molecule has 0 radical (unpaired) electrons. The second-order valence-electron chi connectivity index (χ2n) is 6.52. The third kappa shape index (κ3) is 3.87. The van der Waals surface area contributed by atoms with Crippen molar-refractivity contribution in [2.45, 2.75) is 26.8 Å². The lowest BCUT2D eigenvalue weighted by Crippen LogP contribution is -2.32. The molecule has 1 N–H and O–H groups in total. The van der Waals surface area contributed by atoms with Crippen LogP contribution < -0.4 is 10.2 Å². The lowest BCUT2D eigenvalue weighted by atomic mass is 10.1. The van der Waals surface area contributed by atoms with E-state index in [1.165, 1.54) is 17.7 Å². The first-order valence-electron chi connectivity index (χ1n) is 8.34. The highest BCUT2D eigenvalue weighted by Gasteiger charge is 2.35. The van der Waals surface area contributed by atoms with Gasteiger partial charge >= 0.3 is 0 Å². The molecule has 1 aliphatic heterocycles. The average Bonchev–Trinajstić information content (AvgIpc) is 2.98. The first kappa shape index (κ1) is 17.1. The van der Waals surface area contributed by atoms with E-state index in [2.05, 4.69) is 5.32 Å². The molecule has 4 nitrogen and oxygen atoms in total. The fourth-order valence-corrected chi connectivity index (χ4v) is 2.96. The topological polar surface area (TPSA) is 49.4 Å². The molecule has 0 saturated carbocycles. The molecule has 1 atom stereocenters. The molecule has 5 heteroatoms. The number of halogens is 1. The molecule has 2 aromatic carbocycles. The van der Waals surface area contributed by atoms with Crippen molar-refractivity contribution in [2.24, 2.45) is 5.92 Å². The summed E-state index contributed by atoms with van der Waals surface area (Å²) >= 11 is 0. The van der Waals surface area contributed by atoms with Gasteiger partial charge in [0.1, 0.15) is 5.82 Å². The maximum absolute atomic E-state index is 12.9. The van der Waals surface area contributed by atoms with Gasteiger partial charge in [-0.15, -0.1) is 0 Å². The summed E-state index contributed by atoms with van der Waals surface area (Å²) in [7, 11) is 0. The lowest BCUT2D eigenvalue weighted by molar-refractivity contribution is -0.126. The van der Waals surface area contributed by atoms with Crippen molar-refractivity contribution in [2.75, 3.05) is 11.4 Å². The number of hydrogen-bond donors (Lipinski definition) is 1. The smallest absolute Gasteiger partial charge is 0.227 e. The van der Waals surface area contributed by atoms with E-state index in [0.717, 1.165) is 16.8 Å². The Morgan fingerprint density at radius 3 is 2.56 bits per heavy atom. The van der Waals surface area contributed by atoms with Crippen LogP contribution in [0.15, 0.2) is 42.5 Å². The van der Waals surface area contributed by atoms with Gasteiger partial charge in [-0.3, -0.25) is 9.59 Å². The predicted molar refractivity (Wildman–Crippen MR) is 94.6 cm³/mol. The van der Waals surface area contributed by atoms with Crippen molar-refractivity contribution < 1.29 is 14.0 Å². The Kier molecular flexibility index (Phi) is 4.83. The van der Waals surface area contributed by atoms with E-state index >= 15 is 0 Å². The zero-order valence-electron chi connectivity index (χ0n) is 14.4. The van der Waals surface area contributed by atoms with Gasteiger partial charge in [0.2, 0.25) is 11.8 Å². The molecular weight excluding hydrogens is 319 g/mol. The second-order valence-corrected chi connectivity index (χ2v) is 6.52. The van der Waals surface area contributed by atoms with Crippen LogP contribution in [0.3, 0.4) is 0 Å². The van der Waals surface area contributed by atoms with Crippen molar-refractivity contribution in [3.8, 4) is 0 Å². The number of carbonyl (C=O) groups is 2. The molecule has 1 aliphatic rings. The number of nitrogens with one attached hydrogen (secondary N) is 1. The second kappa shape index (κ2) is 7.05. The van der Waals surface area contributed by atoms with E-state index in [4.69, 9.17) is 0 Å². The highest BCUT2D eigenvalue weighted by Crippen LogP contribution is 2.27. The third-order valence-electron chi connectivity index (χ3n) is 4.68. The Bertz CT molecular complexity index is 802. The molecule has 0 bridgehead atoms. The molecular formula is C20H21FN2O2. The minimum atomic E-state index is -0.366. The zero-order valence-corrected chi connectivity index (χ0v) is 14.4. The molecule has 2 aromatic rings. The molecule has 0 unspecified atom stereocenters. The van der Waals surface area contributed by atoms with Gasteiger partial charge in [0.05, 0.1) is 5.92 Å². The van der Waals surface area contributed by atoms with Crippen molar-refractivity contribution in [1.29, 1.82) is 0 Å². The number of aryl methyl sites for hydroxylation is 2. The summed E-state index contributed by atoms with van der Waals surface area (Å²) in [6.07, 6.45) is 0.210. The van der Waals surface area contributed by atoms with Crippen LogP contribution in [0.1, 0.15) is 23.1 Å². The quantitative estimate of drug-likeness (QED) is 0.930. The summed E-state index contributed by atoms with van der Waals surface area (Å²) in [6.45, 7) is 4.74. The van der Waals surface area contributed by atoms with Gasteiger partial charge in [0, 0.05) is 25.2 Å². The van der Waals surface area contributed by atoms with Crippen LogP contribution in [0.25, 0.3) is 0 Å². The Hall–Kier alpha value is -2.69. The van der Waals surface area contributed by atoms with E-state index in [-0.39, 0.29) is 30.0 Å². The normalized spacial score (nSPS) is 17.0. The number of benzene rings is 2. The summed E-state index contributed by atoms with van der Waals surface area (Å²) in [4.78, 5) is 26.3. The number of anilines is 1. The molecule has 3 rings (SSSR count).